The van der Waals surface area contributed by atoms with Crippen LogP contribution in [0.15, 0.2) is 60.7 Å². The summed E-state index contributed by atoms with van der Waals surface area (Å²) in [5.74, 6) is -2.61. The van der Waals surface area contributed by atoms with Crippen LogP contribution in [0.1, 0.15) is 5.56 Å². The fourth-order valence-corrected chi connectivity index (χ4v) is 1.96. The molecule has 0 bridgehead atoms. The lowest BCUT2D eigenvalue weighted by molar-refractivity contribution is -0.126. The van der Waals surface area contributed by atoms with Crippen LogP contribution in [0.3, 0.4) is 0 Å². The van der Waals surface area contributed by atoms with E-state index in [1.165, 1.54) is 6.08 Å². The van der Waals surface area contributed by atoms with Crippen molar-refractivity contribution in [3.05, 3.63) is 71.3 Å². The maximum atomic E-state index is 12.1. The van der Waals surface area contributed by atoms with Gasteiger partial charge in [0.1, 0.15) is 0 Å². The highest BCUT2D eigenvalue weighted by Gasteiger charge is 2.24. The number of hydrogen-bond acceptors (Lipinski definition) is 3. The third-order valence-electron chi connectivity index (χ3n) is 3.03. The number of hydrogen-bond donors (Lipinski definition) is 1. The average molecular weight is 325 g/mol. The molecule has 1 atom stereocenters. The Bertz CT molecular complexity index is 762. The summed E-state index contributed by atoms with van der Waals surface area (Å²) in [6.45, 7) is 0. The molecule has 0 aliphatic rings. The summed E-state index contributed by atoms with van der Waals surface area (Å²) >= 11 is 5.78. The molecule has 2 aromatic rings. The minimum Gasteiger partial charge on any atom is -0.325 e. The van der Waals surface area contributed by atoms with Gasteiger partial charge in [0.05, 0.1) is 6.07 Å². The molecule has 0 spiro atoms. The van der Waals surface area contributed by atoms with Crippen molar-refractivity contribution in [3.63, 3.8) is 0 Å². The third kappa shape index (κ3) is 4.80. The molecule has 0 heterocycles. The molecule has 0 aliphatic heterocycles. The zero-order valence-electron chi connectivity index (χ0n) is 12.1. The maximum Gasteiger partial charge on any atom is 0.249 e. The third-order valence-corrected chi connectivity index (χ3v) is 3.28. The fraction of sp³-hybridized carbons (Fsp3) is 0.0556. The van der Waals surface area contributed by atoms with Gasteiger partial charge in [0.15, 0.2) is 11.7 Å². The Morgan fingerprint density at radius 3 is 2.35 bits per heavy atom. The van der Waals surface area contributed by atoms with Gasteiger partial charge in [-0.15, -0.1) is 0 Å². The lowest BCUT2D eigenvalue weighted by Gasteiger charge is -2.07. The van der Waals surface area contributed by atoms with E-state index in [0.29, 0.717) is 10.7 Å². The number of ketones is 1. The summed E-state index contributed by atoms with van der Waals surface area (Å²) in [4.78, 5) is 24.1. The smallest absolute Gasteiger partial charge is 0.249 e. The normalized spacial score (nSPS) is 11.7. The highest BCUT2D eigenvalue weighted by molar-refractivity contribution is 6.30. The molecular formula is C18H13ClN2O2. The second kappa shape index (κ2) is 7.92. The van der Waals surface area contributed by atoms with E-state index >= 15 is 0 Å². The summed E-state index contributed by atoms with van der Waals surface area (Å²) in [5.41, 5.74) is 1.29. The molecule has 0 radical (unpaired) electrons. The van der Waals surface area contributed by atoms with Crippen molar-refractivity contribution < 1.29 is 9.59 Å². The summed E-state index contributed by atoms with van der Waals surface area (Å²) < 4.78 is 0. The van der Waals surface area contributed by atoms with E-state index in [2.05, 4.69) is 5.32 Å². The van der Waals surface area contributed by atoms with Crippen LogP contribution in [0.4, 0.5) is 5.69 Å². The number of nitrogens with one attached hydrogen (secondary N) is 1. The maximum absolute atomic E-state index is 12.1. The van der Waals surface area contributed by atoms with Crippen LogP contribution in [0, 0.1) is 17.2 Å². The second-order valence-corrected chi connectivity index (χ2v) is 5.14. The molecule has 23 heavy (non-hydrogen) atoms. The van der Waals surface area contributed by atoms with E-state index in [-0.39, 0.29) is 0 Å². The first-order valence-electron chi connectivity index (χ1n) is 6.83. The van der Waals surface area contributed by atoms with Gasteiger partial charge in [-0.05, 0) is 35.9 Å². The number of carbonyl (C=O) groups excluding carboxylic acids is 2. The van der Waals surface area contributed by atoms with E-state index in [1.807, 2.05) is 0 Å². The van der Waals surface area contributed by atoms with Gasteiger partial charge in [-0.25, -0.2) is 0 Å². The van der Waals surface area contributed by atoms with E-state index in [4.69, 9.17) is 16.9 Å². The quantitative estimate of drug-likeness (QED) is 0.673. The molecule has 5 heteroatoms. The first-order chi connectivity index (χ1) is 11.1. The molecule has 114 valence electrons. The summed E-state index contributed by atoms with van der Waals surface area (Å²) in [6, 6.07) is 17.2. The van der Waals surface area contributed by atoms with Crippen molar-refractivity contribution in [3.8, 4) is 6.07 Å². The van der Waals surface area contributed by atoms with Gasteiger partial charge in [0, 0.05) is 10.7 Å². The molecule has 0 aromatic heterocycles. The lowest BCUT2D eigenvalue weighted by Crippen LogP contribution is -2.27. The van der Waals surface area contributed by atoms with Crippen LogP contribution < -0.4 is 5.32 Å². The molecule has 0 saturated carbocycles. The zero-order chi connectivity index (χ0) is 16.7. The molecule has 1 unspecified atom stereocenters. The van der Waals surface area contributed by atoms with Crippen LogP contribution in [0.5, 0.6) is 0 Å². The van der Waals surface area contributed by atoms with Crippen molar-refractivity contribution in [2.45, 2.75) is 0 Å². The van der Waals surface area contributed by atoms with Crippen molar-refractivity contribution in [2.24, 2.45) is 5.92 Å². The fourth-order valence-electron chi connectivity index (χ4n) is 1.84. The number of para-hydroxylation sites is 1. The van der Waals surface area contributed by atoms with Gasteiger partial charge in [-0.1, -0.05) is 48.0 Å². The van der Waals surface area contributed by atoms with E-state index in [0.717, 1.165) is 5.56 Å². The molecule has 1 N–H and O–H groups in total. The molecule has 0 aliphatic carbocycles. The Morgan fingerprint density at radius 1 is 1.09 bits per heavy atom. The summed E-state index contributed by atoms with van der Waals surface area (Å²) in [7, 11) is 0. The number of halogens is 1. The van der Waals surface area contributed by atoms with Crippen LogP contribution in [-0.2, 0) is 9.59 Å². The van der Waals surface area contributed by atoms with E-state index in [9.17, 15) is 9.59 Å². The van der Waals surface area contributed by atoms with Gasteiger partial charge in [-0.3, -0.25) is 9.59 Å². The Kier molecular flexibility index (Phi) is 5.67. The molecule has 2 aromatic carbocycles. The van der Waals surface area contributed by atoms with Crippen LogP contribution in [-0.4, -0.2) is 11.7 Å². The molecule has 2 rings (SSSR count). The average Bonchev–Trinajstić information content (AvgIpc) is 2.56. The highest BCUT2D eigenvalue weighted by Crippen LogP contribution is 2.12. The van der Waals surface area contributed by atoms with Crippen molar-refractivity contribution in [1.82, 2.24) is 0 Å². The number of amides is 1. The molecule has 4 nitrogen and oxygen atoms in total. The van der Waals surface area contributed by atoms with Crippen LogP contribution in [0.25, 0.3) is 6.08 Å². The van der Waals surface area contributed by atoms with Crippen molar-refractivity contribution in [2.75, 3.05) is 5.32 Å². The molecule has 0 saturated heterocycles. The molecule has 0 fully saturated rings. The van der Waals surface area contributed by atoms with Gasteiger partial charge >= 0.3 is 0 Å². The van der Waals surface area contributed by atoms with Crippen molar-refractivity contribution in [1.29, 1.82) is 5.26 Å². The Morgan fingerprint density at radius 2 is 1.74 bits per heavy atom. The Balaban J connectivity index is 2.05. The van der Waals surface area contributed by atoms with Crippen molar-refractivity contribution >= 4 is 35.1 Å². The molecule has 1 amide bonds. The van der Waals surface area contributed by atoms with Gasteiger partial charge in [-0.2, -0.15) is 5.26 Å². The van der Waals surface area contributed by atoms with Crippen LogP contribution >= 0.6 is 11.6 Å². The number of nitriles is 1. The van der Waals surface area contributed by atoms with Crippen LogP contribution in [0.2, 0.25) is 5.02 Å². The SMILES string of the molecule is N#CC(C(=O)C=Cc1ccc(Cl)cc1)C(=O)Nc1ccccc1. The summed E-state index contributed by atoms with van der Waals surface area (Å²) in [6.07, 6.45) is 2.76. The predicted molar refractivity (Wildman–Crippen MR) is 89.7 cm³/mol. The Hall–Kier alpha value is -2.90. The first kappa shape index (κ1) is 16.5. The number of allylic oxidation sites excluding steroid dienone is 1. The number of nitrogens with zero attached hydrogens (tertiary/aromatic N) is 1. The minimum atomic E-state index is -1.39. The number of anilines is 1. The predicted octanol–water partition coefficient (Wildman–Crippen LogP) is 3.70. The van der Waals surface area contributed by atoms with E-state index in [1.54, 1.807) is 66.7 Å². The van der Waals surface area contributed by atoms with Gasteiger partial charge < -0.3 is 5.32 Å². The monoisotopic (exact) mass is 324 g/mol. The topological polar surface area (TPSA) is 70.0 Å². The minimum absolute atomic E-state index is 0.534. The number of rotatable bonds is 5. The van der Waals surface area contributed by atoms with Gasteiger partial charge in [0.2, 0.25) is 5.91 Å². The largest absolute Gasteiger partial charge is 0.325 e. The molecular weight excluding hydrogens is 312 g/mol. The lowest BCUT2D eigenvalue weighted by atomic mass is 10.0. The Labute approximate surface area is 139 Å². The second-order valence-electron chi connectivity index (χ2n) is 4.70. The zero-order valence-corrected chi connectivity index (χ0v) is 12.8. The van der Waals surface area contributed by atoms with E-state index < -0.39 is 17.6 Å². The first-order valence-corrected chi connectivity index (χ1v) is 7.21. The summed E-state index contributed by atoms with van der Waals surface area (Å²) in [5, 5.41) is 12.2. The highest BCUT2D eigenvalue weighted by atomic mass is 35.5. The number of benzene rings is 2. The number of carbonyl (C=O) groups is 2. The van der Waals surface area contributed by atoms with Gasteiger partial charge in [0.25, 0.3) is 0 Å². The standard InChI is InChI=1S/C18H13ClN2O2/c19-14-9-6-13(7-10-14)8-11-17(22)16(12-20)18(23)21-15-4-2-1-3-5-15/h1-11,16H,(H,21,23).